The lowest BCUT2D eigenvalue weighted by molar-refractivity contribution is 0.232. The van der Waals surface area contributed by atoms with Gasteiger partial charge in [0.1, 0.15) is 0 Å². The molecule has 5 unspecified atom stereocenters. The molecule has 4 aliphatic rings. The van der Waals surface area contributed by atoms with E-state index in [0.29, 0.717) is 0 Å². The molecule has 0 aromatic carbocycles. The molecule has 1 nitrogen and oxygen atoms in total. The van der Waals surface area contributed by atoms with Crippen LogP contribution < -0.4 is 0 Å². The largest absolute Gasteiger partial charge is 0.303 e. The Morgan fingerprint density at radius 1 is 1.21 bits per heavy atom. The molecule has 0 aromatic heterocycles. The Hall–Kier alpha value is -0.300. The lowest BCUT2D eigenvalue weighted by Crippen LogP contribution is -2.30. The number of allylic oxidation sites excluding steroid dienone is 2. The summed E-state index contributed by atoms with van der Waals surface area (Å²) in [5, 5.41) is 0. The molecule has 1 aliphatic heterocycles. The molecule has 1 saturated heterocycles. The molecule has 2 bridgehead atoms. The molecule has 3 fully saturated rings. The van der Waals surface area contributed by atoms with Crippen LogP contribution in [0.5, 0.6) is 0 Å². The Balaban J connectivity index is 1.78. The summed E-state index contributed by atoms with van der Waals surface area (Å²) in [4.78, 5) is 2.58. The number of hydrogen-bond donors (Lipinski definition) is 0. The van der Waals surface area contributed by atoms with Crippen LogP contribution in [0.1, 0.15) is 19.8 Å². The molecule has 1 heterocycles. The zero-order chi connectivity index (χ0) is 9.50. The van der Waals surface area contributed by atoms with E-state index in [9.17, 15) is 0 Å². The van der Waals surface area contributed by atoms with Crippen molar-refractivity contribution in [3.63, 3.8) is 0 Å². The fourth-order valence-electron chi connectivity index (χ4n) is 4.93. The van der Waals surface area contributed by atoms with Crippen molar-refractivity contribution in [3.8, 4) is 0 Å². The lowest BCUT2D eigenvalue weighted by atomic mass is 9.82. The first kappa shape index (κ1) is 7.92. The Bertz CT molecular complexity index is 315. The molecule has 1 heteroatoms. The van der Waals surface area contributed by atoms with Crippen LogP contribution in [0.3, 0.4) is 0 Å². The Morgan fingerprint density at radius 3 is 2.57 bits per heavy atom. The number of likely N-dealkylation sites (tertiary alicyclic amines) is 1. The zero-order valence-electron chi connectivity index (χ0n) is 9.11. The van der Waals surface area contributed by atoms with E-state index >= 15 is 0 Å². The number of hydrogen-bond acceptors (Lipinski definition) is 1. The summed E-state index contributed by atoms with van der Waals surface area (Å²) in [5.74, 6) is 3.92. The third kappa shape index (κ3) is 0.641. The van der Waals surface area contributed by atoms with Crippen molar-refractivity contribution >= 4 is 0 Å². The van der Waals surface area contributed by atoms with Crippen molar-refractivity contribution in [1.82, 2.24) is 4.90 Å². The van der Waals surface area contributed by atoms with Crippen molar-refractivity contribution in [2.24, 2.45) is 29.1 Å². The van der Waals surface area contributed by atoms with Crippen molar-refractivity contribution in [2.45, 2.75) is 25.8 Å². The predicted molar refractivity (Wildman–Crippen MR) is 56.9 cm³/mol. The van der Waals surface area contributed by atoms with Crippen molar-refractivity contribution in [3.05, 3.63) is 12.2 Å². The van der Waals surface area contributed by atoms with Gasteiger partial charge >= 0.3 is 0 Å². The fourth-order valence-corrected chi connectivity index (χ4v) is 4.93. The molecule has 76 valence electrons. The minimum absolute atomic E-state index is 0.796. The van der Waals surface area contributed by atoms with E-state index in [2.05, 4.69) is 31.0 Å². The van der Waals surface area contributed by atoms with Crippen molar-refractivity contribution < 1.29 is 0 Å². The second-order valence-corrected chi connectivity index (χ2v) is 6.09. The topological polar surface area (TPSA) is 3.24 Å². The second-order valence-electron chi connectivity index (χ2n) is 6.09. The quantitative estimate of drug-likeness (QED) is 0.528. The summed E-state index contributed by atoms with van der Waals surface area (Å²) >= 11 is 0. The highest BCUT2D eigenvalue weighted by Gasteiger charge is 2.69. The highest BCUT2D eigenvalue weighted by molar-refractivity contribution is 5.30. The maximum atomic E-state index is 2.58. The molecule has 0 N–H and O–H groups in total. The van der Waals surface area contributed by atoms with E-state index in [0.717, 1.165) is 35.1 Å². The fraction of sp³-hybridized carbons (Fsp3) is 0.846. The van der Waals surface area contributed by atoms with Gasteiger partial charge in [0.2, 0.25) is 0 Å². The number of rotatable bonds is 0. The number of fused-ring (bicyclic) bond motifs is 3. The third-order valence-corrected chi connectivity index (χ3v) is 5.80. The summed E-state index contributed by atoms with van der Waals surface area (Å²) in [5.41, 5.74) is 0.796. The summed E-state index contributed by atoms with van der Waals surface area (Å²) in [7, 11) is 2.31. The van der Waals surface area contributed by atoms with Gasteiger partial charge in [-0.2, -0.15) is 0 Å². The Labute approximate surface area is 86.2 Å². The van der Waals surface area contributed by atoms with E-state index < -0.39 is 0 Å². The molecular formula is C13H19N. The van der Waals surface area contributed by atoms with Crippen LogP contribution in [0, 0.1) is 29.1 Å². The van der Waals surface area contributed by atoms with Gasteiger partial charge in [-0.25, -0.2) is 0 Å². The highest BCUT2D eigenvalue weighted by atomic mass is 15.2. The van der Waals surface area contributed by atoms with Gasteiger partial charge in [-0.05, 0) is 55.9 Å². The first-order valence-electron chi connectivity index (χ1n) is 6.13. The molecule has 14 heavy (non-hydrogen) atoms. The standard InChI is InChI=1S/C13H19N/c1-8-12-9(7-14(8)2)10-3-4-11(12)13(10)5-6-13/h3-4,8-12H,5-7H2,1-2H3. The molecule has 2 saturated carbocycles. The van der Waals surface area contributed by atoms with Crippen molar-refractivity contribution in [2.75, 3.05) is 13.6 Å². The average Bonchev–Trinajstić information content (AvgIpc) is 2.74. The molecule has 0 radical (unpaired) electrons. The van der Waals surface area contributed by atoms with Gasteiger partial charge in [-0.15, -0.1) is 0 Å². The smallest absolute Gasteiger partial charge is 0.0101 e. The van der Waals surface area contributed by atoms with Crippen LogP contribution in [0.25, 0.3) is 0 Å². The summed E-state index contributed by atoms with van der Waals surface area (Å²) < 4.78 is 0. The molecule has 5 atom stereocenters. The normalized spacial score (nSPS) is 57.1. The maximum Gasteiger partial charge on any atom is 0.0101 e. The molecule has 0 amide bonds. The summed E-state index contributed by atoms with van der Waals surface area (Å²) in [6.07, 6.45) is 8.18. The van der Waals surface area contributed by atoms with E-state index in [1.807, 2.05) is 0 Å². The number of nitrogens with zero attached hydrogens (tertiary/aromatic N) is 1. The van der Waals surface area contributed by atoms with Gasteiger partial charge in [0.15, 0.2) is 0 Å². The lowest BCUT2D eigenvalue weighted by Gasteiger charge is -2.26. The van der Waals surface area contributed by atoms with Crippen LogP contribution in [-0.2, 0) is 0 Å². The summed E-state index contributed by atoms with van der Waals surface area (Å²) in [6.45, 7) is 3.80. The van der Waals surface area contributed by atoms with Gasteiger partial charge in [0.25, 0.3) is 0 Å². The predicted octanol–water partition coefficient (Wildman–Crippen LogP) is 2.15. The van der Waals surface area contributed by atoms with E-state index in [-0.39, 0.29) is 0 Å². The van der Waals surface area contributed by atoms with Crippen LogP contribution >= 0.6 is 0 Å². The molecule has 0 aromatic rings. The van der Waals surface area contributed by atoms with Gasteiger partial charge in [0.05, 0.1) is 0 Å². The van der Waals surface area contributed by atoms with E-state index in [4.69, 9.17) is 0 Å². The van der Waals surface area contributed by atoms with E-state index in [1.165, 1.54) is 19.4 Å². The van der Waals surface area contributed by atoms with Crippen LogP contribution in [-0.4, -0.2) is 24.5 Å². The first-order chi connectivity index (χ1) is 6.74. The van der Waals surface area contributed by atoms with Crippen LogP contribution in [0.2, 0.25) is 0 Å². The first-order valence-corrected chi connectivity index (χ1v) is 6.13. The monoisotopic (exact) mass is 189 g/mol. The summed E-state index contributed by atoms with van der Waals surface area (Å²) in [6, 6.07) is 0.831. The zero-order valence-corrected chi connectivity index (χ0v) is 9.11. The van der Waals surface area contributed by atoms with Gasteiger partial charge in [-0.3, -0.25) is 0 Å². The van der Waals surface area contributed by atoms with Crippen LogP contribution in [0.4, 0.5) is 0 Å². The molecule has 1 spiro atoms. The third-order valence-electron chi connectivity index (χ3n) is 5.80. The Morgan fingerprint density at radius 2 is 1.93 bits per heavy atom. The van der Waals surface area contributed by atoms with Gasteiger partial charge in [-0.1, -0.05) is 12.2 Å². The second kappa shape index (κ2) is 2.11. The average molecular weight is 189 g/mol. The molecule has 3 aliphatic carbocycles. The van der Waals surface area contributed by atoms with Crippen molar-refractivity contribution in [1.29, 1.82) is 0 Å². The molecular weight excluding hydrogens is 170 g/mol. The van der Waals surface area contributed by atoms with Gasteiger partial charge in [0, 0.05) is 12.6 Å². The Kier molecular flexibility index (Phi) is 1.19. The van der Waals surface area contributed by atoms with Gasteiger partial charge < -0.3 is 4.90 Å². The highest BCUT2D eigenvalue weighted by Crippen LogP contribution is 2.73. The van der Waals surface area contributed by atoms with E-state index in [1.54, 1.807) is 0 Å². The SMILES string of the molecule is CC1C2C(CN1C)C1C=CC2C12CC2. The minimum Gasteiger partial charge on any atom is -0.303 e. The minimum atomic E-state index is 0.796. The molecule has 4 rings (SSSR count). The maximum absolute atomic E-state index is 2.58. The van der Waals surface area contributed by atoms with Crippen LogP contribution in [0.15, 0.2) is 12.2 Å².